The highest BCUT2D eigenvalue weighted by Crippen LogP contribution is 2.27. The molecule has 196 valence electrons. The number of hydrogen-bond donors (Lipinski definition) is 3. The van der Waals surface area contributed by atoms with Gasteiger partial charge < -0.3 is 25.1 Å². The van der Waals surface area contributed by atoms with Crippen LogP contribution in [0.25, 0.3) is 0 Å². The molecule has 0 rings (SSSR count). The van der Waals surface area contributed by atoms with Gasteiger partial charge in [0.2, 0.25) is 0 Å². The number of rotatable bonds is 17. The van der Waals surface area contributed by atoms with Gasteiger partial charge in [0.05, 0.1) is 52.6 Å². The molecule has 33 heavy (non-hydrogen) atoms. The molecule has 3 N–H and O–H groups in total. The lowest BCUT2D eigenvalue weighted by atomic mass is 9.88. The van der Waals surface area contributed by atoms with E-state index in [1.54, 1.807) is 27.7 Å². The summed E-state index contributed by atoms with van der Waals surface area (Å²) in [6, 6.07) is 0. The molecule has 0 aromatic heterocycles. The SMILES string of the molecule is CCCC(C)(C)N=C(CC(C)(C)OCCC(C)(C)O)C(=N)CC(C)(CC)OCCC(C)(C)O. The molecule has 0 saturated carbocycles. The zero-order valence-corrected chi connectivity index (χ0v) is 23.5. The molecule has 0 saturated heterocycles. The Hall–Kier alpha value is -0.820. The molecule has 0 amide bonds. The molecule has 0 spiro atoms. The molecule has 6 nitrogen and oxygen atoms in total. The van der Waals surface area contributed by atoms with Crippen molar-refractivity contribution >= 4 is 11.4 Å². The van der Waals surface area contributed by atoms with Gasteiger partial charge in [-0.3, -0.25) is 4.99 Å². The maximum atomic E-state index is 10.0. The first-order chi connectivity index (χ1) is 14.7. The van der Waals surface area contributed by atoms with Crippen LogP contribution < -0.4 is 0 Å². The summed E-state index contributed by atoms with van der Waals surface area (Å²) < 4.78 is 12.3. The molecule has 0 heterocycles. The summed E-state index contributed by atoms with van der Waals surface area (Å²) in [5.41, 5.74) is -1.58. The summed E-state index contributed by atoms with van der Waals surface area (Å²) in [7, 11) is 0. The van der Waals surface area contributed by atoms with Crippen LogP contribution in [0.15, 0.2) is 4.99 Å². The van der Waals surface area contributed by atoms with Crippen molar-refractivity contribution in [2.24, 2.45) is 4.99 Å². The van der Waals surface area contributed by atoms with Crippen LogP contribution in [0.2, 0.25) is 0 Å². The molecular weight excluding hydrogens is 416 g/mol. The number of aliphatic imine (C=N–C) groups is 1. The molecule has 0 aliphatic carbocycles. The van der Waals surface area contributed by atoms with E-state index in [1.165, 1.54) is 0 Å². The first-order valence-electron chi connectivity index (χ1n) is 12.6. The van der Waals surface area contributed by atoms with Crippen LogP contribution in [0.5, 0.6) is 0 Å². The van der Waals surface area contributed by atoms with Crippen LogP contribution in [0.1, 0.15) is 121 Å². The van der Waals surface area contributed by atoms with Crippen LogP contribution in [0, 0.1) is 5.41 Å². The molecule has 0 aliphatic heterocycles. The van der Waals surface area contributed by atoms with E-state index in [0.717, 1.165) is 25.0 Å². The van der Waals surface area contributed by atoms with Gasteiger partial charge in [0.15, 0.2) is 0 Å². The number of hydrogen-bond acceptors (Lipinski definition) is 6. The largest absolute Gasteiger partial charge is 0.390 e. The van der Waals surface area contributed by atoms with Gasteiger partial charge in [-0.15, -0.1) is 0 Å². The van der Waals surface area contributed by atoms with E-state index < -0.39 is 22.4 Å². The van der Waals surface area contributed by atoms with E-state index in [-0.39, 0.29) is 5.54 Å². The van der Waals surface area contributed by atoms with Crippen molar-refractivity contribution < 1.29 is 19.7 Å². The Balaban J connectivity index is 5.59. The van der Waals surface area contributed by atoms with E-state index in [1.807, 2.05) is 20.8 Å². The number of aliphatic hydroxyl groups is 2. The van der Waals surface area contributed by atoms with Crippen molar-refractivity contribution in [2.75, 3.05) is 13.2 Å². The molecule has 1 atom stereocenters. The lowest BCUT2D eigenvalue weighted by molar-refractivity contribution is -0.0543. The van der Waals surface area contributed by atoms with Gasteiger partial charge in [0, 0.05) is 12.8 Å². The molecule has 0 aromatic rings. The monoisotopic (exact) mass is 470 g/mol. The second-order valence-corrected chi connectivity index (χ2v) is 12.3. The van der Waals surface area contributed by atoms with E-state index in [9.17, 15) is 10.2 Å². The molecular formula is C27H54N2O4. The third-order valence-electron chi connectivity index (χ3n) is 5.91. The molecule has 1 unspecified atom stereocenters. The summed E-state index contributed by atoms with van der Waals surface area (Å²) in [6.07, 6.45) is 4.79. The predicted molar refractivity (Wildman–Crippen MR) is 140 cm³/mol. The van der Waals surface area contributed by atoms with E-state index >= 15 is 0 Å². The van der Waals surface area contributed by atoms with Crippen LogP contribution in [-0.2, 0) is 9.47 Å². The number of nitrogens with one attached hydrogen (secondary N) is 1. The Morgan fingerprint density at radius 2 is 1.24 bits per heavy atom. The Bertz CT molecular complexity index is 627. The second-order valence-electron chi connectivity index (χ2n) is 12.3. The fraction of sp³-hybridized carbons (Fsp3) is 0.926. The van der Waals surface area contributed by atoms with Crippen molar-refractivity contribution in [3.8, 4) is 0 Å². The number of ether oxygens (including phenoxy) is 2. The molecule has 0 radical (unpaired) electrons. The smallest absolute Gasteiger partial charge is 0.0707 e. The fourth-order valence-corrected chi connectivity index (χ4v) is 3.58. The standard InChI is InChI=1S/C27H54N2O4/c1-12-14-23(3,4)29-22(20-26(9,10)32-17-15-24(5,6)30)21(28)19-27(11,13-2)33-18-16-25(7,8)31/h28,30-31H,12-20H2,1-11H3. The highest BCUT2D eigenvalue weighted by Gasteiger charge is 2.31. The van der Waals surface area contributed by atoms with Gasteiger partial charge in [-0.2, -0.15) is 0 Å². The lowest BCUT2D eigenvalue weighted by Crippen LogP contribution is -2.39. The normalized spacial score (nSPS) is 16.1. The zero-order valence-electron chi connectivity index (χ0n) is 23.5. The third kappa shape index (κ3) is 15.7. The zero-order chi connectivity index (χ0) is 26.1. The minimum atomic E-state index is -0.774. The lowest BCUT2D eigenvalue weighted by Gasteiger charge is -2.33. The maximum absolute atomic E-state index is 10.0. The van der Waals surface area contributed by atoms with Gasteiger partial charge in [-0.05, 0) is 88.0 Å². The van der Waals surface area contributed by atoms with Crippen LogP contribution >= 0.6 is 0 Å². The molecule has 0 fully saturated rings. The minimum Gasteiger partial charge on any atom is -0.390 e. The second kappa shape index (κ2) is 12.8. The first-order valence-corrected chi connectivity index (χ1v) is 12.6. The van der Waals surface area contributed by atoms with Crippen molar-refractivity contribution in [3.63, 3.8) is 0 Å². The predicted octanol–water partition coefficient (Wildman–Crippen LogP) is 6.11. The third-order valence-corrected chi connectivity index (χ3v) is 5.91. The summed E-state index contributed by atoms with van der Waals surface area (Å²) in [5, 5.41) is 29.0. The van der Waals surface area contributed by atoms with Crippen molar-refractivity contribution in [3.05, 3.63) is 0 Å². The minimum absolute atomic E-state index is 0.260. The molecule has 0 aromatic carbocycles. The highest BCUT2D eigenvalue weighted by atomic mass is 16.5. The Kier molecular flexibility index (Phi) is 12.4. The average Bonchev–Trinajstić information content (AvgIpc) is 2.58. The Labute approximate surface area is 204 Å². The van der Waals surface area contributed by atoms with Gasteiger partial charge in [0.25, 0.3) is 0 Å². The Morgan fingerprint density at radius 1 is 0.758 bits per heavy atom. The topological polar surface area (TPSA) is 95.1 Å². The average molecular weight is 471 g/mol. The van der Waals surface area contributed by atoms with Crippen LogP contribution in [-0.4, -0.2) is 62.8 Å². The van der Waals surface area contributed by atoms with Crippen molar-refractivity contribution in [2.45, 2.75) is 149 Å². The quantitative estimate of drug-likeness (QED) is 0.224. The maximum Gasteiger partial charge on any atom is 0.0707 e. The van der Waals surface area contributed by atoms with Gasteiger partial charge in [-0.1, -0.05) is 20.3 Å². The van der Waals surface area contributed by atoms with Gasteiger partial charge in [0.1, 0.15) is 0 Å². The van der Waals surface area contributed by atoms with Gasteiger partial charge in [-0.25, -0.2) is 0 Å². The van der Waals surface area contributed by atoms with Crippen molar-refractivity contribution in [1.29, 1.82) is 5.41 Å². The summed E-state index contributed by atoms with van der Waals surface area (Å²) in [5.74, 6) is 0. The summed E-state index contributed by atoms with van der Waals surface area (Å²) in [6.45, 7) is 22.5. The number of nitrogens with zero attached hydrogens (tertiary/aromatic N) is 1. The van der Waals surface area contributed by atoms with Crippen LogP contribution in [0.3, 0.4) is 0 Å². The van der Waals surface area contributed by atoms with E-state index in [4.69, 9.17) is 19.9 Å². The first kappa shape index (κ1) is 32.2. The Morgan fingerprint density at radius 3 is 1.67 bits per heavy atom. The summed E-state index contributed by atoms with van der Waals surface area (Å²) in [4.78, 5) is 5.05. The van der Waals surface area contributed by atoms with Crippen LogP contribution in [0.4, 0.5) is 0 Å². The van der Waals surface area contributed by atoms with Crippen molar-refractivity contribution in [1.82, 2.24) is 0 Å². The van der Waals surface area contributed by atoms with E-state index in [2.05, 4.69) is 27.7 Å². The van der Waals surface area contributed by atoms with Gasteiger partial charge >= 0.3 is 0 Å². The molecule has 6 heteroatoms. The molecule has 0 aliphatic rings. The summed E-state index contributed by atoms with van der Waals surface area (Å²) >= 11 is 0. The fourth-order valence-electron chi connectivity index (χ4n) is 3.58. The van der Waals surface area contributed by atoms with E-state index in [0.29, 0.717) is 44.6 Å². The highest BCUT2D eigenvalue weighted by molar-refractivity contribution is 6.41. The molecule has 0 bridgehead atoms.